The molecule has 0 radical (unpaired) electrons. The number of likely N-dealkylation sites (N-methyl/N-ethyl adjacent to an activating group) is 1. The second-order valence-corrected chi connectivity index (χ2v) is 6.93. The molecule has 26 heavy (non-hydrogen) atoms. The Morgan fingerprint density at radius 3 is 2.42 bits per heavy atom. The van der Waals surface area contributed by atoms with Gasteiger partial charge in [0.15, 0.2) is 0 Å². The van der Waals surface area contributed by atoms with Crippen molar-refractivity contribution in [1.29, 1.82) is 0 Å². The third kappa shape index (κ3) is 4.33. The summed E-state index contributed by atoms with van der Waals surface area (Å²) in [6, 6.07) is 9.60. The van der Waals surface area contributed by atoms with Crippen LogP contribution in [0.5, 0.6) is 0 Å². The van der Waals surface area contributed by atoms with E-state index in [-0.39, 0.29) is 17.3 Å². The molecule has 2 aromatic rings. The molecule has 0 atom stereocenters. The Morgan fingerprint density at radius 1 is 1.04 bits per heavy atom. The van der Waals surface area contributed by atoms with Crippen LogP contribution in [0.4, 0.5) is 5.69 Å². The van der Waals surface area contributed by atoms with Crippen LogP contribution in [0.3, 0.4) is 0 Å². The molecule has 2 amide bonds. The highest BCUT2D eigenvalue weighted by atomic mass is 35.5. The number of carbonyl (C=O) groups is 2. The van der Waals surface area contributed by atoms with Gasteiger partial charge in [0.2, 0.25) is 0 Å². The van der Waals surface area contributed by atoms with Gasteiger partial charge in [-0.1, -0.05) is 29.3 Å². The van der Waals surface area contributed by atoms with Gasteiger partial charge in [-0.05, 0) is 37.4 Å². The number of piperazine rings is 1. The van der Waals surface area contributed by atoms with Crippen LogP contribution in [0.2, 0.25) is 10.0 Å². The van der Waals surface area contributed by atoms with E-state index in [9.17, 15) is 9.59 Å². The van der Waals surface area contributed by atoms with Crippen LogP contribution in [-0.4, -0.2) is 59.8 Å². The molecule has 1 aliphatic heterocycles. The first-order chi connectivity index (χ1) is 12.4. The molecule has 3 rings (SSSR count). The van der Waals surface area contributed by atoms with Crippen molar-refractivity contribution in [3.63, 3.8) is 0 Å². The number of amides is 2. The second kappa shape index (κ2) is 8.03. The van der Waals surface area contributed by atoms with Gasteiger partial charge >= 0.3 is 0 Å². The number of aromatic nitrogens is 1. The van der Waals surface area contributed by atoms with Gasteiger partial charge in [-0.2, -0.15) is 0 Å². The molecular formula is C18H18Cl2N4O2. The summed E-state index contributed by atoms with van der Waals surface area (Å²) < 4.78 is 0. The number of nitrogens with one attached hydrogen (secondary N) is 1. The van der Waals surface area contributed by atoms with Gasteiger partial charge in [-0.25, -0.2) is 4.98 Å². The predicted molar refractivity (Wildman–Crippen MR) is 102 cm³/mol. The van der Waals surface area contributed by atoms with Crippen molar-refractivity contribution in [3.8, 4) is 0 Å². The normalized spacial score (nSPS) is 15.0. The van der Waals surface area contributed by atoms with Crippen LogP contribution in [-0.2, 0) is 0 Å². The fourth-order valence-electron chi connectivity index (χ4n) is 2.63. The van der Waals surface area contributed by atoms with Gasteiger partial charge < -0.3 is 15.1 Å². The Labute approximate surface area is 161 Å². The number of carbonyl (C=O) groups excluding carboxylic acids is 2. The monoisotopic (exact) mass is 392 g/mol. The first kappa shape index (κ1) is 18.6. The second-order valence-electron chi connectivity index (χ2n) is 6.08. The third-order valence-electron chi connectivity index (χ3n) is 4.17. The molecular weight excluding hydrogens is 375 g/mol. The Morgan fingerprint density at radius 2 is 1.73 bits per heavy atom. The van der Waals surface area contributed by atoms with Crippen LogP contribution in [0.1, 0.15) is 21.0 Å². The Hall–Kier alpha value is -2.15. The fourth-order valence-corrected chi connectivity index (χ4v) is 3.08. The van der Waals surface area contributed by atoms with Gasteiger partial charge in [-0.3, -0.25) is 9.59 Å². The first-order valence-corrected chi connectivity index (χ1v) is 8.91. The average molecular weight is 393 g/mol. The molecule has 0 aliphatic carbocycles. The van der Waals surface area contributed by atoms with Crippen molar-refractivity contribution in [2.75, 3.05) is 38.5 Å². The number of anilines is 1. The number of hydrogen-bond donors (Lipinski definition) is 1. The standard InChI is InChI=1S/C18H18Cl2N4O2/c1-23-7-9-24(10-8-23)18(26)16-4-2-3-15(21-16)17(25)22-14-6-5-12(19)11-13(14)20/h2-6,11H,7-10H2,1H3,(H,22,25). The van der Waals surface area contributed by atoms with Crippen LogP contribution >= 0.6 is 23.2 Å². The quantitative estimate of drug-likeness (QED) is 0.871. The van der Waals surface area contributed by atoms with Gasteiger partial charge in [0.05, 0.1) is 10.7 Å². The Bertz CT molecular complexity index is 836. The van der Waals surface area contributed by atoms with Gasteiger partial charge in [0, 0.05) is 31.2 Å². The minimum absolute atomic E-state index is 0.149. The van der Waals surface area contributed by atoms with E-state index >= 15 is 0 Å². The summed E-state index contributed by atoms with van der Waals surface area (Å²) in [5, 5.41) is 3.49. The molecule has 0 saturated carbocycles. The lowest BCUT2D eigenvalue weighted by atomic mass is 10.2. The molecule has 1 fully saturated rings. The molecule has 1 aromatic carbocycles. The van der Waals surface area contributed by atoms with E-state index < -0.39 is 5.91 Å². The topological polar surface area (TPSA) is 65.5 Å². The molecule has 8 heteroatoms. The first-order valence-electron chi connectivity index (χ1n) is 8.15. The van der Waals surface area contributed by atoms with Gasteiger partial charge in [0.1, 0.15) is 11.4 Å². The van der Waals surface area contributed by atoms with E-state index in [4.69, 9.17) is 23.2 Å². The maximum atomic E-state index is 12.6. The van der Waals surface area contributed by atoms with Crippen molar-refractivity contribution in [1.82, 2.24) is 14.8 Å². The zero-order valence-corrected chi connectivity index (χ0v) is 15.7. The molecule has 136 valence electrons. The third-order valence-corrected chi connectivity index (χ3v) is 4.72. The summed E-state index contributed by atoms with van der Waals surface area (Å²) in [5.74, 6) is -0.612. The highest BCUT2D eigenvalue weighted by molar-refractivity contribution is 6.36. The number of halogens is 2. The van der Waals surface area contributed by atoms with Crippen molar-refractivity contribution >= 4 is 40.7 Å². The molecule has 0 bridgehead atoms. The summed E-state index contributed by atoms with van der Waals surface area (Å²) in [4.78, 5) is 33.2. The number of hydrogen-bond acceptors (Lipinski definition) is 4. The van der Waals surface area contributed by atoms with Gasteiger partial charge in [-0.15, -0.1) is 0 Å². The maximum Gasteiger partial charge on any atom is 0.274 e. The van der Waals surface area contributed by atoms with Crippen molar-refractivity contribution in [2.24, 2.45) is 0 Å². The van der Waals surface area contributed by atoms with Gasteiger partial charge in [0.25, 0.3) is 11.8 Å². The largest absolute Gasteiger partial charge is 0.335 e. The number of rotatable bonds is 3. The number of pyridine rings is 1. The molecule has 6 nitrogen and oxygen atoms in total. The van der Waals surface area contributed by atoms with Crippen LogP contribution in [0, 0.1) is 0 Å². The number of benzene rings is 1. The van der Waals surface area contributed by atoms with E-state index in [1.807, 2.05) is 7.05 Å². The zero-order valence-electron chi connectivity index (χ0n) is 14.2. The summed E-state index contributed by atoms with van der Waals surface area (Å²) >= 11 is 11.9. The predicted octanol–water partition coefficient (Wildman–Crippen LogP) is 3.03. The molecule has 1 N–H and O–H groups in total. The molecule has 0 unspecified atom stereocenters. The molecule has 1 aliphatic rings. The van der Waals surface area contributed by atoms with Crippen molar-refractivity contribution in [2.45, 2.75) is 0 Å². The fraction of sp³-hybridized carbons (Fsp3) is 0.278. The smallest absolute Gasteiger partial charge is 0.274 e. The lowest BCUT2D eigenvalue weighted by Crippen LogP contribution is -2.47. The molecule has 2 heterocycles. The van der Waals surface area contributed by atoms with Crippen LogP contribution in [0.15, 0.2) is 36.4 Å². The van der Waals surface area contributed by atoms with E-state index in [0.717, 1.165) is 13.1 Å². The lowest BCUT2D eigenvalue weighted by Gasteiger charge is -2.32. The highest BCUT2D eigenvalue weighted by Crippen LogP contribution is 2.25. The zero-order chi connectivity index (χ0) is 18.7. The summed E-state index contributed by atoms with van der Waals surface area (Å²) in [7, 11) is 2.02. The minimum atomic E-state index is -0.442. The van der Waals surface area contributed by atoms with E-state index in [0.29, 0.717) is 28.8 Å². The van der Waals surface area contributed by atoms with E-state index in [1.54, 1.807) is 41.3 Å². The maximum absolute atomic E-state index is 12.6. The van der Waals surface area contributed by atoms with Crippen LogP contribution in [0.25, 0.3) is 0 Å². The molecule has 1 aromatic heterocycles. The average Bonchev–Trinajstić information content (AvgIpc) is 2.64. The lowest BCUT2D eigenvalue weighted by molar-refractivity contribution is 0.0658. The highest BCUT2D eigenvalue weighted by Gasteiger charge is 2.22. The molecule has 1 saturated heterocycles. The molecule has 0 spiro atoms. The summed E-state index contributed by atoms with van der Waals surface area (Å²) in [6.45, 7) is 2.93. The Balaban J connectivity index is 1.74. The van der Waals surface area contributed by atoms with Crippen molar-refractivity contribution < 1.29 is 9.59 Å². The SMILES string of the molecule is CN1CCN(C(=O)c2cccc(C(=O)Nc3ccc(Cl)cc3Cl)n2)CC1. The van der Waals surface area contributed by atoms with E-state index in [2.05, 4.69) is 15.2 Å². The summed E-state index contributed by atoms with van der Waals surface area (Å²) in [6.07, 6.45) is 0. The summed E-state index contributed by atoms with van der Waals surface area (Å²) in [5.41, 5.74) is 0.832. The minimum Gasteiger partial charge on any atom is -0.335 e. The van der Waals surface area contributed by atoms with Crippen LogP contribution < -0.4 is 5.32 Å². The Kier molecular flexibility index (Phi) is 5.76. The number of nitrogens with zero attached hydrogens (tertiary/aromatic N) is 3. The van der Waals surface area contributed by atoms with E-state index in [1.165, 1.54) is 0 Å². The van der Waals surface area contributed by atoms with Crippen molar-refractivity contribution in [3.05, 3.63) is 57.8 Å².